The van der Waals surface area contributed by atoms with Crippen LogP contribution in [0.2, 0.25) is 0 Å². The lowest BCUT2D eigenvalue weighted by molar-refractivity contribution is -0.0770. The largest absolute Gasteiger partial charge is 0.391 e. The third-order valence-corrected chi connectivity index (χ3v) is 5.67. The number of rotatable bonds is 6. The van der Waals surface area contributed by atoms with E-state index in [2.05, 4.69) is 20.2 Å². The molecule has 1 aromatic carbocycles. The van der Waals surface area contributed by atoms with Crippen molar-refractivity contribution in [3.63, 3.8) is 0 Å². The lowest BCUT2D eigenvalue weighted by Gasteiger charge is -2.32. The summed E-state index contributed by atoms with van der Waals surface area (Å²) in [6.45, 7) is 3.16. The van der Waals surface area contributed by atoms with E-state index < -0.39 is 9.84 Å². The van der Waals surface area contributed by atoms with E-state index in [1.54, 1.807) is 24.4 Å². The van der Waals surface area contributed by atoms with Crippen molar-refractivity contribution in [2.45, 2.75) is 17.5 Å². The third kappa shape index (κ3) is 4.29. The topological polar surface area (TPSA) is 99.4 Å². The first-order valence-corrected chi connectivity index (χ1v) is 10.8. The molecule has 3 aromatic rings. The van der Waals surface area contributed by atoms with Crippen LogP contribution >= 0.6 is 0 Å². The Bertz CT molecular complexity index is 1050. The minimum atomic E-state index is -3.17. The highest BCUT2D eigenvalue weighted by molar-refractivity contribution is 7.90. The fourth-order valence-corrected chi connectivity index (χ4v) is 3.74. The SMILES string of the molecule is CS(=O)(=O)c1ccc(CN2CCOC(COn3nnc4cccnc43)C2)cc1. The molecule has 0 saturated carbocycles. The van der Waals surface area contributed by atoms with Gasteiger partial charge in [-0.25, -0.2) is 13.4 Å². The molecule has 0 amide bonds. The van der Waals surface area contributed by atoms with Crippen LogP contribution < -0.4 is 4.84 Å². The number of hydrogen-bond donors (Lipinski definition) is 0. The van der Waals surface area contributed by atoms with Crippen molar-refractivity contribution in [1.29, 1.82) is 0 Å². The molecule has 1 saturated heterocycles. The number of ether oxygens (including phenoxy) is 1. The Morgan fingerprint density at radius 1 is 1.25 bits per heavy atom. The van der Waals surface area contributed by atoms with Gasteiger partial charge in [0.05, 0.1) is 11.5 Å². The van der Waals surface area contributed by atoms with Gasteiger partial charge in [-0.1, -0.05) is 17.0 Å². The van der Waals surface area contributed by atoms with Gasteiger partial charge in [-0.05, 0) is 35.0 Å². The Balaban J connectivity index is 1.34. The van der Waals surface area contributed by atoms with E-state index in [0.29, 0.717) is 35.8 Å². The predicted molar refractivity (Wildman–Crippen MR) is 101 cm³/mol. The fraction of sp³-hybridized carbons (Fsp3) is 0.389. The van der Waals surface area contributed by atoms with E-state index in [1.807, 2.05) is 18.2 Å². The summed E-state index contributed by atoms with van der Waals surface area (Å²) < 4.78 is 28.9. The first kappa shape index (κ1) is 18.8. The summed E-state index contributed by atoms with van der Waals surface area (Å²) in [4.78, 5) is 13.8. The normalized spacial score (nSPS) is 18.4. The third-order valence-electron chi connectivity index (χ3n) is 4.54. The highest BCUT2D eigenvalue weighted by atomic mass is 32.2. The van der Waals surface area contributed by atoms with Crippen molar-refractivity contribution in [2.24, 2.45) is 0 Å². The monoisotopic (exact) mass is 403 g/mol. The molecular weight excluding hydrogens is 382 g/mol. The van der Waals surface area contributed by atoms with Gasteiger partial charge in [0.1, 0.15) is 18.2 Å². The molecule has 1 atom stereocenters. The molecular formula is C18H21N5O4S. The Morgan fingerprint density at radius 2 is 2.07 bits per heavy atom. The van der Waals surface area contributed by atoms with E-state index in [0.717, 1.165) is 18.7 Å². The van der Waals surface area contributed by atoms with E-state index in [1.165, 1.54) is 11.1 Å². The smallest absolute Gasteiger partial charge is 0.219 e. The minimum Gasteiger partial charge on any atom is -0.391 e. The summed E-state index contributed by atoms with van der Waals surface area (Å²) in [6.07, 6.45) is 2.77. The minimum absolute atomic E-state index is 0.105. The predicted octanol–water partition coefficient (Wildman–Crippen LogP) is 0.559. The van der Waals surface area contributed by atoms with Crippen molar-refractivity contribution in [3.8, 4) is 0 Å². The maximum atomic E-state index is 11.6. The van der Waals surface area contributed by atoms with Crippen LogP contribution in [0.1, 0.15) is 5.56 Å². The summed E-state index contributed by atoms with van der Waals surface area (Å²) in [5, 5.41) is 7.97. The standard InChI is InChI=1S/C18H21N5O4S/c1-28(24,25)16-6-4-14(5-7-16)11-22-9-10-26-15(12-22)13-27-23-18-17(20-21-23)3-2-8-19-18/h2-8,15H,9-13H2,1H3. The lowest BCUT2D eigenvalue weighted by atomic mass is 10.2. The molecule has 0 N–H and O–H groups in total. The van der Waals surface area contributed by atoms with Gasteiger partial charge in [0.2, 0.25) is 5.65 Å². The van der Waals surface area contributed by atoms with E-state index in [4.69, 9.17) is 9.57 Å². The second kappa shape index (κ2) is 7.82. The number of aromatic nitrogens is 4. The zero-order valence-corrected chi connectivity index (χ0v) is 16.2. The molecule has 2 aromatic heterocycles. The number of morpholine rings is 1. The van der Waals surface area contributed by atoms with Crippen molar-refractivity contribution < 1.29 is 18.0 Å². The molecule has 0 aliphatic carbocycles. The number of benzene rings is 1. The summed E-state index contributed by atoms with van der Waals surface area (Å²) >= 11 is 0. The number of fused-ring (bicyclic) bond motifs is 1. The molecule has 0 bridgehead atoms. The molecule has 1 aliphatic heterocycles. The highest BCUT2D eigenvalue weighted by Crippen LogP contribution is 2.14. The fourth-order valence-electron chi connectivity index (χ4n) is 3.11. The van der Waals surface area contributed by atoms with Crippen LogP contribution in [0.15, 0.2) is 47.5 Å². The molecule has 0 spiro atoms. The van der Waals surface area contributed by atoms with Crippen LogP contribution in [0.3, 0.4) is 0 Å². The van der Waals surface area contributed by atoms with Gasteiger partial charge in [0.15, 0.2) is 9.84 Å². The summed E-state index contributed by atoms with van der Waals surface area (Å²) in [5.41, 5.74) is 2.30. The highest BCUT2D eigenvalue weighted by Gasteiger charge is 2.22. The van der Waals surface area contributed by atoms with Crippen LogP contribution in [0.25, 0.3) is 11.2 Å². The van der Waals surface area contributed by atoms with Crippen molar-refractivity contribution in [1.82, 2.24) is 25.0 Å². The van der Waals surface area contributed by atoms with Crippen LogP contribution in [0, 0.1) is 0 Å². The van der Waals surface area contributed by atoms with Gasteiger partial charge in [-0.3, -0.25) is 4.90 Å². The molecule has 10 heteroatoms. The molecule has 4 rings (SSSR count). The van der Waals surface area contributed by atoms with Crippen LogP contribution in [0.4, 0.5) is 0 Å². The van der Waals surface area contributed by atoms with Gasteiger partial charge in [0, 0.05) is 32.1 Å². The van der Waals surface area contributed by atoms with E-state index in [9.17, 15) is 8.42 Å². The molecule has 0 radical (unpaired) electrons. The van der Waals surface area contributed by atoms with Crippen molar-refractivity contribution >= 4 is 21.0 Å². The van der Waals surface area contributed by atoms with Crippen LogP contribution in [-0.4, -0.2) is 72.1 Å². The Labute approximate surface area is 162 Å². The summed E-state index contributed by atoms with van der Waals surface area (Å²) in [5.74, 6) is 0. The average molecular weight is 403 g/mol. The maximum Gasteiger partial charge on any atom is 0.219 e. The Kier molecular flexibility index (Phi) is 5.25. The second-order valence-corrected chi connectivity index (χ2v) is 8.76. The first-order chi connectivity index (χ1) is 13.5. The van der Waals surface area contributed by atoms with Gasteiger partial charge in [-0.15, -0.1) is 5.10 Å². The molecule has 1 unspecified atom stereocenters. The van der Waals surface area contributed by atoms with Gasteiger partial charge < -0.3 is 9.57 Å². The molecule has 28 heavy (non-hydrogen) atoms. The molecule has 148 valence electrons. The second-order valence-electron chi connectivity index (χ2n) is 6.75. The molecule has 3 heterocycles. The van der Waals surface area contributed by atoms with Gasteiger partial charge in [-0.2, -0.15) is 0 Å². The quantitative estimate of drug-likeness (QED) is 0.589. The first-order valence-electron chi connectivity index (χ1n) is 8.92. The number of nitrogens with zero attached hydrogens (tertiary/aromatic N) is 5. The molecule has 9 nitrogen and oxygen atoms in total. The zero-order valence-electron chi connectivity index (χ0n) is 15.4. The van der Waals surface area contributed by atoms with E-state index >= 15 is 0 Å². The van der Waals surface area contributed by atoms with Gasteiger partial charge in [0.25, 0.3) is 0 Å². The molecule has 1 aliphatic rings. The van der Waals surface area contributed by atoms with Crippen molar-refractivity contribution in [3.05, 3.63) is 48.2 Å². The van der Waals surface area contributed by atoms with Crippen LogP contribution in [-0.2, 0) is 21.1 Å². The molecule has 1 fully saturated rings. The maximum absolute atomic E-state index is 11.6. The summed E-state index contributed by atoms with van der Waals surface area (Å²) in [7, 11) is -3.17. The number of sulfone groups is 1. The van der Waals surface area contributed by atoms with Crippen molar-refractivity contribution in [2.75, 3.05) is 32.6 Å². The summed E-state index contributed by atoms with van der Waals surface area (Å²) in [6, 6.07) is 10.6. The van der Waals surface area contributed by atoms with E-state index in [-0.39, 0.29) is 6.10 Å². The lowest BCUT2D eigenvalue weighted by Crippen LogP contribution is -2.45. The zero-order chi connectivity index (χ0) is 19.6. The Morgan fingerprint density at radius 3 is 2.86 bits per heavy atom. The number of pyridine rings is 1. The Hall–Kier alpha value is -2.56. The van der Waals surface area contributed by atoms with Crippen LogP contribution in [0.5, 0.6) is 0 Å². The average Bonchev–Trinajstić information content (AvgIpc) is 3.10. The van der Waals surface area contributed by atoms with Gasteiger partial charge >= 0.3 is 0 Å². The number of hydrogen-bond acceptors (Lipinski definition) is 8.